The van der Waals surface area contributed by atoms with Crippen molar-refractivity contribution < 1.29 is 4.79 Å². The lowest BCUT2D eigenvalue weighted by atomic mass is 10.1. The van der Waals surface area contributed by atoms with E-state index in [1.54, 1.807) is 6.20 Å². The fourth-order valence-electron chi connectivity index (χ4n) is 4.71. The number of hydrogen-bond acceptors (Lipinski definition) is 8. The van der Waals surface area contributed by atoms with Crippen LogP contribution in [-0.2, 0) is 24.1 Å². The van der Waals surface area contributed by atoms with Crippen LogP contribution in [0.5, 0.6) is 0 Å². The van der Waals surface area contributed by atoms with Crippen LogP contribution >= 0.6 is 11.3 Å². The quantitative estimate of drug-likeness (QED) is 0.585. The van der Waals surface area contributed by atoms with E-state index in [1.165, 1.54) is 35.4 Å². The third-order valence-electron chi connectivity index (χ3n) is 6.46. The van der Waals surface area contributed by atoms with E-state index < -0.39 is 0 Å². The number of aryl methyl sites for hydroxylation is 1. The van der Waals surface area contributed by atoms with E-state index in [1.807, 2.05) is 11.6 Å². The smallest absolute Gasteiger partial charge is 0.228 e. The summed E-state index contributed by atoms with van der Waals surface area (Å²) in [6.07, 6.45) is 11.4. The van der Waals surface area contributed by atoms with Crippen molar-refractivity contribution in [3.63, 3.8) is 0 Å². The molecule has 4 heterocycles. The Hall–Kier alpha value is -2.81. The first-order valence-electron chi connectivity index (χ1n) is 11.1. The van der Waals surface area contributed by atoms with Crippen molar-refractivity contribution in [2.75, 3.05) is 16.8 Å². The Labute approximate surface area is 184 Å². The molecule has 9 heteroatoms. The van der Waals surface area contributed by atoms with Gasteiger partial charge in [0.2, 0.25) is 11.9 Å². The van der Waals surface area contributed by atoms with Crippen LogP contribution in [0.15, 0.2) is 17.8 Å². The highest BCUT2D eigenvalue weighted by atomic mass is 32.1. The first-order valence-corrected chi connectivity index (χ1v) is 12.0. The molecule has 0 bridgehead atoms. The average Bonchev–Trinajstić information content (AvgIpc) is 3.27. The van der Waals surface area contributed by atoms with Crippen molar-refractivity contribution >= 4 is 34.8 Å². The normalized spacial score (nSPS) is 20.3. The van der Waals surface area contributed by atoms with E-state index in [0.29, 0.717) is 18.3 Å². The number of thiazole rings is 1. The number of Topliss-reactive ketones (excluding diaryl/α,β-unsaturated/α-hetero) is 1. The predicted octanol–water partition coefficient (Wildman–Crippen LogP) is 3.55. The van der Waals surface area contributed by atoms with Gasteiger partial charge < -0.3 is 15.2 Å². The summed E-state index contributed by atoms with van der Waals surface area (Å²) >= 11 is 1.53. The van der Waals surface area contributed by atoms with Crippen molar-refractivity contribution in [1.29, 1.82) is 0 Å². The summed E-state index contributed by atoms with van der Waals surface area (Å²) < 4.78 is 0. The van der Waals surface area contributed by atoms with Crippen LogP contribution in [-0.4, -0.2) is 43.3 Å². The number of carbonyl (C=O) groups is 1. The summed E-state index contributed by atoms with van der Waals surface area (Å²) in [6, 6.07) is -0.179. The summed E-state index contributed by atoms with van der Waals surface area (Å²) in [5.74, 6) is 3.05. The molecule has 2 fully saturated rings. The SMILES string of the molecule is O=C(Cc1nccs1)C1CCCN1c1nc2c(c(Nc3ncc(C4CC4)[nH]3)n1)CCC2. The molecule has 2 N–H and O–H groups in total. The fraction of sp³-hybridized carbons (Fsp3) is 0.500. The molecule has 31 heavy (non-hydrogen) atoms. The van der Waals surface area contributed by atoms with E-state index in [9.17, 15) is 4.79 Å². The summed E-state index contributed by atoms with van der Waals surface area (Å²) in [7, 11) is 0. The molecule has 1 saturated carbocycles. The monoisotopic (exact) mass is 435 g/mol. The second kappa shape index (κ2) is 7.71. The highest BCUT2D eigenvalue weighted by Gasteiger charge is 2.34. The van der Waals surface area contributed by atoms with E-state index in [0.717, 1.165) is 61.1 Å². The molecule has 1 aliphatic heterocycles. The Morgan fingerprint density at radius 1 is 1.19 bits per heavy atom. The number of nitrogens with zero attached hydrogens (tertiary/aromatic N) is 5. The first kappa shape index (κ1) is 18.9. The van der Waals surface area contributed by atoms with Gasteiger partial charge in [-0.25, -0.2) is 15.0 Å². The van der Waals surface area contributed by atoms with Gasteiger partial charge in [0.15, 0.2) is 5.78 Å². The van der Waals surface area contributed by atoms with Crippen molar-refractivity contribution in [1.82, 2.24) is 24.9 Å². The molecule has 8 nitrogen and oxygen atoms in total. The van der Waals surface area contributed by atoms with Gasteiger partial charge >= 0.3 is 0 Å². The molecule has 160 valence electrons. The highest BCUT2D eigenvalue weighted by Crippen LogP contribution is 2.39. The molecular formula is C22H25N7OS. The molecule has 0 amide bonds. The molecule has 2 aliphatic carbocycles. The molecule has 3 aromatic rings. The maximum atomic E-state index is 13.0. The zero-order chi connectivity index (χ0) is 20.8. The van der Waals surface area contributed by atoms with E-state index in [4.69, 9.17) is 9.97 Å². The lowest BCUT2D eigenvalue weighted by Gasteiger charge is -2.24. The Morgan fingerprint density at radius 3 is 2.97 bits per heavy atom. The van der Waals surface area contributed by atoms with Crippen LogP contribution in [0.4, 0.5) is 17.7 Å². The Kier molecular flexibility index (Phi) is 4.70. The van der Waals surface area contributed by atoms with E-state index >= 15 is 0 Å². The third-order valence-corrected chi connectivity index (χ3v) is 7.24. The maximum Gasteiger partial charge on any atom is 0.228 e. The molecule has 3 aliphatic rings. The van der Waals surface area contributed by atoms with Crippen molar-refractivity contribution in [2.24, 2.45) is 0 Å². The second-order valence-corrected chi connectivity index (χ2v) is 9.64. The van der Waals surface area contributed by atoms with Gasteiger partial charge in [0.25, 0.3) is 0 Å². The minimum absolute atomic E-state index is 0.179. The number of hydrogen-bond donors (Lipinski definition) is 2. The number of imidazole rings is 1. The van der Waals surface area contributed by atoms with Crippen molar-refractivity contribution in [3.8, 4) is 0 Å². The molecule has 3 aromatic heterocycles. The molecule has 1 atom stereocenters. The number of H-pyrrole nitrogens is 1. The zero-order valence-corrected chi connectivity index (χ0v) is 18.1. The minimum Gasteiger partial charge on any atom is -0.331 e. The average molecular weight is 436 g/mol. The second-order valence-electron chi connectivity index (χ2n) is 8.66. The van der Waals surface area contributed by atoms with Gasteiger partial charge in [-0.15, -0.1) is 11.3 Å². The Balaban J connectivity index is 1.27. The standard InChI is InChI=1S/C22H25N7OS/c30-18(11-19-23-8-10-31-19)17-5-2-9-29(17)22-26-15-4-1-3-14(15)20(28-22)27-21-24-12-16(25-21)13-6-7-13/h8,10,12-13,17H,1-7,9,11H2,(H2,24,25,26,27,28). The summed E-state index contributed by atoms with van der Waals surface area (Å²) in [4.78, 5) is 37.1. The minimum atomic E-state index is -0.179. The van der Waals surface area contributed by atoms with Gasteiger partial charge in [0.1, 0.15) is 5.82 Å². The van der Waals surface area contributed by atoms with Crippen LogP contribution in [0.25, 0.3) is 0 Å². The Morgan fingerprint density at radius 2 is 2.13 bits per heavy atom. The van der Waals surface area contributed by atoms with Gasteiger partial charge in [-0.3, -0.25) is 4.79 Å². The van der Waals surface area contributed by atoms with E-state index in [2.05, 4.69) is 25.2 Å². The maximum absolute atomic E-state index is 13.0. The Bertz CT molecular complexity index is 1110. The number of aromatic amines is 1. The zero-order valence-electron chi connectivity index (χ0n) is 17.3. The van der Waals surface area contributed by atoms with Gasteiger partial charge in [-0.2, -0.15) is 4.98 Å². The highest BCUT2D eigenvalue weighted by molar-refractivity contribution is 7.09. The number of carbonyl (C=O) groups excluding carboxylic acids is 1. The molecule has 0 radical (unpaired) electrons. The van der Waals surface area contributed by atoms with Crippen molar-refractivity contribution in [3.05, 3.63) is 39.7 Å². The molecule has 6 rings (SSSR count). The number of anilines is 3. The molecule has 1 saturated heterocycles. The van der Waals surface area contributed by atoms with Gasteiger partial charge in [0.05, 0.1) is 29.4 Å². The number of aromatic nitrogens is 5. The number of fused-ring (bicyclic) bond motifs is 1. The van der Waals surface area contributed by atoms with Crippen LogP contribution in [0.2, 0.25) is 0 Å². The van der Waals surface area contributed by atoms with E-state index in [-0.39, 0.29) is 11.8 Å². The number of nitrogens with one attached hydrogen (secondary N) is 2. The van der Waals surface area contributed by atoms with Gasteiger partial charge in [0, 0.05) is 35.3 Å². The molecule has 1 unspecified atom stereocenters. The molecule has 0 aromatic carbocycles. The summed E-state index contributed by atoms with van der Waals surface area (Å²) in [6.45, 7) is 0.805. The predicted molar refractivity (Wildman–Crippen MR) is 119 cm³/mol. The summed E-state index contributed by atoms with van der Waals surface area (Å²) in [5.41, 5.74) is 3.47. The third kappa shape index (κ3) is 3.71. The fourth-order valence-corrected chi connectivity index (χ4v) is 5.34. The lowest BCUT2D eigenvalue weighted by Crippen LogP contribution is -2.38. The largest absolute Gasteiger partial charge is 0.331 e. The van der Waals surface area contributed by atoms with Crippen LogP contribution in [0.1, 0.15) is 60.0 Å². The van der Waals surface area contributed by atoms with Crippen LogP contribution in [0, 0.1) is 0 Å². The van der Waals surface area contributed by atoms with Gasteiger partial charge in [-0.1, -0.05) is 0 Å². The van der Waals surface area contributed by atoms with Crippen LogP contribution < -0.4 is 10.2 Å². The van der Waals surface area contributed by atoms with Gasteiger partial charge in [-0.05, 0) is 44.9 Å². The summed E-state index contributed by atoms with van der Waals surface area (Å²) in [5, 5.41) is 6.20. The molecule has 0 spiro atoms. The lowest BCUT2D eigenvalue weighted by molar-refractivity contribution is -0.119. The topological polar surface area (TPSA) is 99.7 Å². The molecular weight excluding hydrogens is 410 g/mol. The first-order chi connectivity index (χ1) is 15.2. The van der Waals surface area contributed by atoms with Crippen molar-refractivity contribution in [2.45, 2.75) is 63.3 Å². The number of rotatable bonds is 7. The number of ketones is 1. The van der Waals surface area contributed by atoms with Crippen LogP contribution in [0.3, 0.4) is 0 Å².